The maximum atomic E-state index is 14.1. The van der Waals surface area contributed by atoms with E-state index in [0.29, 0.717) is 45.2 Å². The number of rotatable bonds is 4. The first-order valence-corrected chi connectivity index (χ1v) is 12.9. The molecule has 2 heterocycles. The molecule has 4 fully saturated rings. The van der Waals surface area contributed by atoms with Crippen LogP contribution in [0.5, 0.6) is 0 Å². The van der Waals surface area contributed by atoms with Gasteiger partial charge in [-0.3, -0.25) is 9.59 Å². The summed E-state index contributed by atoms with van der Waals surface area (Å²) in [5.41, 5.74) is -1.20. The first kappa shape index (κ1) is 24.4. The Kier molecular flexibility index (Phi) is 6.48. The number of halogens is 3. The van der Waals surface area contributed by atoms with E-state index in [1.54, 1.807) is 11.0 Å². The molecule has 2 aliphatic carbocycles. The van der Waals surface area contributed by atoms with Gasteiger partial charge < -0.3 is 20.2 Å². The van der Waals surface area contributed by atoms with Crippen LogP contribution in [-0.4, -0.2) is 53.6 Å². The highest BCUT2D eigenvalue weighted by atomic mass is 19.4. The summed E-state index contributed by atoms with van der Waals surface area (Å²) in [5.74, 6) is -0.280. The summed E-state index contributed by atoms with van der Waals surface area (Å²) >= 11 is 0. The van der Waals surface area contributed by atoms with Gasteiger partial charge in [-0.05, 0) is 76.0 Å². The van der Waals surface area contributed by atoms with Gasteiger partial charge in [0.2, 0.25) is 11.8 Å². The first-order valence-electron chi connectivity index (χ1n) is 12.9. The molecule has 1 aromatic rings. The zero-order chi connectivity index (χ0) is 24.8. The van der Waals surface area contributed by atoms with Gasteiger partial charge in [0.15, 0.2) is 0 Å². The molecule has 192 valence electrons. The molecule has 9 heteroatoms. The molecule has 0 bridgehead atoms. The van der Waals surface area contributed by atoms with E-state index in [4.69, 9.17) is 0 Å². The Balaban J connectivity index is 1.35. The van der Waals surface area contributed by atoms with Crippen LogP contribution in [0, 0.1) is 11.3 Å². The van der Waals surface area contributed by atoms with Crippen LogP contribution in [-0.2, 0) is 15.8 Å². The van der Waals surface area contributed by atoms with E-state index >= 15 is 0 Å². The van der Waals surface area contributed by atoms with Gasteiger partial charge in [0.25, 0.3) is 0 Å². The highest BCUT2D eigenvalue weighted by molar-refractivity contribution is 5.93. The van der Waals surface area contributed by atoms with Crippen LogP contribution in [0.15, 0.2) is 18.2 Å². The molecule has 2 saturated carbocycles. The minimum absolute atomic E-state index is 0.0570. The van der Waals surface area contributed by atoms with Gasteiger partial charge in [0.05, 0.1) is 17.1 Å². The summed E-state index contributed by atoms with van der Waals surface area (Å²) < 4.78 is 42.3. The number of hydrogen-bond acceptors (Lipinski definition) is 4. The largest absolute Gasteiger partial charge is 0.418 e. The predicted octanol–water partition coefficient (Wildman–Crippen LogP) is 4.57. The number of aliphatic hydroxyl groups is 1. The monoisotopic (exact) mass is 493 g/mol. The molecule has 1 aromatic carbocycles. The van der Waals surface area contributed by atoms with E-state index < -0.39 is 17.2 Å². The molecule has 4 aliphatic rings. The van der Waals surface area contributed by atoms with Crippen molar-refractivity contribution in [2.45, 2.75) is 82.5 Å². The van der Waals surface area contributed by atoms with Crippen LogP contribution in [0.3, 0.4) is 0 Å². The van der Waals surface area contributed by atoms with Crippen LogP contribution in [0.2, 0.25) is 0 Å². The molecule has 35 heavy (non-hydrogen) atoms. The number of likely N-dealkylation sites (tertiary alicyclic amines) is 1. The van der Waals surface area contributed by atoms with Crippen LogP contribution in [0.25, 0.3) is 0 Å². The van der Waals surface area contributed by atoms with Crippen molar-refractivity contribution in [3.05, 3.63) is 23.8 Å². The SMILES string of the molecule is O=C(Nc1ccc(N2CCC[C@@]3(CCN([C@H]4CC[C@H](O)CC4)C3=O)C2)c(C(F)(F)F)c1)C1CCC1. The lowest BCUT2D eigenvalue weighted by atomic mass is 9.78. The van der Waals surface area contributed by atoms with Gasteiger partial charge in [-0.15, -0.1) is 0 Å². The molecule has 0 radical (unpaired) electrons. The van der Waals surface area contributed by atoms with Crippen molar-refractivity contribution in [3.8, 4) is 0 Å². The third kappa shape index (κ3) is 4.76. The van der Waals surface area contributed by atoms with Crippen LogP contribution >= 0.6 is 0 Å². The van der Waals surface area contributed by atoms with Crippen LogP contribution in [0.1, 0.15) is 69.8 Å². The Morgan fingerprint density at radius 2 is 1.77 bits per heavy atom. The summed E-state index contributed by atoms with van der Waals surface area (Å²) in [5, 5.41) is 12.5. The quantitative estimate of drug-likeness (QED) is 0.645. The van der Waals surface area contributed by atoms with Crippen LogP contribution in [0.4, 0.5) is 24.5 Å². The van der Waals surface area contributed by atoms with E-state index in [9.17, 15) is 27.9 Å². The summed E-state index contributed by atoms with van der Waals surface area (Å²) in [7, 11) is 0. The predicted molar refractivity (Wildman–Crippen MR) is 126 cm³/mol. The smallest absolute Gasteiger partial charge is 0.393 e. The Morgan fingerprint density at radius 1 is 1.03 bits per heavy atom. The van der Waals surface area contributed by atoms with Gasteiger partial charge >= 0.3 is 6.18 Å². The van der Waals surface area contributed by atoms with E-state index in [-0.39, 0.29) is 47.8 Å². The lowest BCUT2D eigenvalue weighted by molar-refractivity contribution is -0.139. The third-order valence-corrected chi connectivity index (χ3v) is 8.62. The number of nitrogens with zero attached hydrogens (tertiary/aromatic N) is 2. The third-order valence-electron chi connectivity index (χ3n) is 8.62. The average Bonchev–Trinajstić information content (AvgIpc) is 3.08. The number of hydrogen-bond donors (Lipinski definition) is 2. The van der Waals surface area contributed by atoms with Crippen LogP contribution < -0.4 is 10.2 Å². The highest BCUT2D eigenvalue weighted by Crippen LogP contribution is 2.46. The van der Waals surface area contributed by atoms with Gasteiger partial charge in [-0.2, -0.15) is 13.2 Å². The molecule has 2 aliphatic heterocycles. The van der Waals surface area contributed by atoms with Crippen molar-refractivity contribution in [1.82, 2.24) is 4.90 Å². The fourth-order valence-electron chi connectivity index (χ4n) is 6.31. The van der Waals surface area contributed by atoms with Gasteiger partial charge in [-0.1, -0.05) is 6.42 Å². The number of carbonyl (C=O) groups is 2. The molecular formula is C26H34F3N3O3. The maximum Gasteiger partial charge on any atom is 0.418 e. The summed E-state index contributed by atoms with van der Waals surface area (Å²) in [6.45, 7) is 1.36. The van der Waals surface area contributed by atoms with Crippen molar-refractivity contribution in [3.63, 3.8) is 0 Å². The van der Waals surface area contributed by atoms with Crippen molar-refractivity contribution in [2.24, 2.45) is 11.3 Å². The second-order valence-electron chi connectivity index (χ2n) is 10.9. The molecular weight excluding hydrogens is 459 g/mol. The molecule has 2 N–H and O–H groups in total. The topological polar surface area (TPSA) is 72.9 Å². The Labute approximate surface area is 203 Å². The second-order valence-corrected chi connectivity index (χ2v) is 10.9. The van der Waals surface area contributed by atoms with E-state index in [0.717, 1.165) is 38.2 Å². The highest BCUT2D eigenvalue weighted by Gasteiger charge is 2.51. The number of anilines is 2. The molecule has 0 aromatic heterocycles. The van der Waals surface area contributed by atoms with Crippen molar-refractivity contribution in [1.29, 1.82) is 0 Å². The summed E-state index contributed by atoms with van der Waals surface area (Å²) in [6, 6.07) is 4.13. The number of amides is 2. The van der Waals surface area contributed by atoms with Gasteiger partial charge in [-0.25, -0.2) is 0 Å². The molecule has 0 unspecified atom stereocenters. The number of aliphatic hydroxyl groups excluding tert-OH is 1. The fraction of sp³-hybridized carbons (Fsp3) is 0.692. The minimum atomic E-state index is -4.58. The maximum absolute atomic E-state index is 14.1. The summed E-state index contributed by atoms with van der Waals surface area (Å²) in [6.07, 6.45) is 2.56. The normalized spacial score (nSPS) is 30.0. The summed E-state index contributed by atoms with van der Waals surface area (Å²) in [4.78, 5) is 29.5. The first-order chi connectivity index (χ1) is 16.7. The lowest BCUT2D eigenvalue weighted by Crippen LogP contribution is -2.50. The number of carbonyl (C=O) groups excluding carboxylic acids is 2. The lowest BCUT2D eigenvalue weighted by Gasteiger charge is -2.42. The van der Waals surface area contributed by atoms with Crippen molar-refractivity contribution < 1.29 is 27.9 Å². The molecule has 1 atom stereocenters. The zero-order valence-electron chi connectivity index (χ0n) is 19.9. The Morgan fingerprint density at radius 3 is 2.43 bits per heavy atom. The Hall–Kier alpha value is -2.29. The number of alkyl halides is 3. The Bertz CT molecular complexity index is 972. The number of benzene rings is 1. The molecule has 2 amide bonds. The number of nitrogens with one attached hydrogen (secondary N) is 1. The molecule has 5 rings (SSSR count). The molecule has 2 saturated heterocycles. The average molecular weight is 494 g/mol. The fourth-order valence-corrected chi connectivity index (χ4v) is 6.31. The standard InChI is InChI=1S/C26H34F3N3O3/c27-26(28,29)21-15-18(30-23(34)17-3-1-4-17)5-10-22(21)31-13-2-11-25(16-31)12-14-32(24(25)35)19-6-8-20(33)9-7-19/h5,10,15,17,19-20,33H,1-4,6-9,11-14,16H2,(H,30,34)/t19-,20-,25-/m1/s1. The van der Waals surface area contributed by atoms with E-state index in [2.05, 4.69) is 5.32 Å². The molecule has 6 nitrogen and oxygen atoms in total. The van der Waals surface area contributed by atoms with Gasteiger partial charge in [0.1, 0.15) is 0 Å². The van der Waals surface area contributed by atoms with Crippen molar-refractivity contribution >= 4 is 23.2 Å². The van der Waals surface area contributed by atoms with E-state index in [1.807, 2.05) is 4.90 Å². The zero-order valence-corrected chi connectivity index (χ0v) is 19.9. The molecule has 1 spiro atoms. The van der Waals surface area contributed by atoms with Crippen molar-refractivity contribution in [2.75, 3.05) is 29.9 Å². The van der Waals surface area contributed by atoms with E-state index in [1.165, 1.54) is 6.07 Å². The number of piperidine rings is 1. The minimum Gasteiger partial charge on any atom is -0.393 e. The second kappa shape index (κ2) is 9.30. The van der Waals surface area contributed by atoms with Gasteiger partial charge in [0, 0.05) is 43.0 Å².